The van der Waals surface area contributed by atoms with Gasteiger partial charge in [-0.2, -0.15) is 0 Å². The number of anilines is 2. The SMILES string of the molecule is COc1cc(OC)c(NC(=O)c2ccc(Oc3cc4c(cc3Cl)N(C(C)=O)CCC4(C)C)o2)c(OC)c1. The molecule has 1 aliphatic rings. The molecule has 10 heteroatoms. The van der Waals surface area contributed by atoms with Gasteiger partial charge in [0.05, 0.1) is 26.4 Å². The van der Waals surface area contributed by atoms with E-state index in [0.29, 0.717) is 40.3 Å². The second-order valence-electron chi connectivity index (χ2n) is 9.19. The molecule has 37 heavy (non-hydrogen) atoms. The van der Waals surface area contributed by atoms with Crippen molar-refractivity contribution in [3.63, 3.8) is 0 Å². The average Bonchev–Trinajstić information content (AvgIpc) is 3.33. The van der Waals surface area contributed by atoms with Crippen LogP contribution in [0.1, 0.15) is 43.3 Å². The van der Waals surface area contributed by atoms with Gasteiger partial charge in [-0.15, -0.1) is 0 Å². The predicted octanol–water partition coefficient (Wildman–Crippen LogP) is 6.04. The summed E-state index contributed by atoms with van der Waals surface area (Å²) in [5.41, 5.74) is 1.85. The molecule has 0 unspecified atom stereocenters. The van der Waals surface area contributed by atoms with Gasteiger partial charge in [-0.05, 0) is 35.6 Å². The fourth-order valence-corrected chi connectivity index (χ4v) is 4.47. The minimum absolute atomic E-state index is 0.00657. The van der Waals surface area contributed by atoms with E-state index in [4.69, 9.17) is 35.0 Å². The van der Waals surface area contributed by atoms with Crippen molar-refractivity contribution in [1.29, 1.82) is 0 Å². The highest BCUT2D eigenvalue weighted by Crippen LogP contribution is 2.45. The van der Waals surface area contributed by atoms with Crippen molar-refractivity contribution < 1.29 is 33.0 Å². The number of amides is 2. The second kappa shape index (κ2) is 10.3. The molecule has 196 valence electrons. The maximum atomic E-state index is 12.9. The Balaban J connectivity index is 1.58. The molecule has 1 aromatic heterocycles. The van der Waals surface area contributed by atoms with Gasteiger partial charge in [0, 0.05) is 37.4 Å². The van der Waals surface area contributed by atoms with Gasteiger partial charge in [0.1, 0.15) is 28.7 Å². The molecule has 2 amide bonds. The molecule has 0 saturated heterocycles. The molecule has 0 saturated carbocycles. The van der Waals surface area contributed by atoms with Gasteiger partial charge in [0.15, 0.2) is 5.76 Å². The fourth-order valence-electron chi connectivity index (χ4n) is 4.27. The minimum atomic E-state index is -0.536. The Hall–Kier alpha value is -3.85. The van der Waals surface area contributed by atoms with Gasteiger partial charge in [0.25, 0.3) is 11.9 Å². The lowest BCUT2D eigenvalue weighted by atomic mass is 9.77. The molecule has 9 nitrogen and oxygen atoms in total. The third kappa shape index (κ3) is 5.17. The van der Waals surface area contributed by atoms with Crippen molar-refractivity contribution in [2.24, 2.45) is 0 Å². The summed E-state index contributed by atoms with van der Waals surface area (Å²) in [6.45, 7) is 6.37. The van der Waals surface area contributed by atoms with E-state index >= 15 is 0 Å². The average molecular weight is 529 g/mol. The van der Waals surface area contributed by atoms with Gasteiger partial charge >= 0.3 is 0 Å². The molecule has 0 fully saturated rings. The largest absolute Gasteiger partial charge is 0.496 e. The van der Waals surface area contributed by atoms with Crippen molar-refractivity contribution in [1.82, 2.24) is 0 Å². The van der Waals surface area contributed by atoms with E-state index < -0.39 is 5.91 Å². The standard InChI is InChI=1S/C27H29ClN2O7/c1-15(31)30-10-9-27(2,3)17-13-21(18(28)14-19(17)30)37-24-8-7-20(36-24)26(32)29-25-22(34-5)11-16(33-4)12-23(25)35-6/h7-8,11-14H,9-10H2,1-6H3,(H,29,32). The van der Waals surface area contributed by atoms with Crippen LogP contribution in [0.2, 0.25) is 5.02 Å². The number of rotatable bonds is 7. The van der Waals surface area contributed by atoms with Gasteiger partial charge < -0.3 is 33.6 Å². The number of nitrogens with zero attached hydrogens (tertiary/aromatic N) is 1. The molecular weight excluding hydrogens is 500 g/mol. The molecule has 0 spiro atoms. The molecule has 1 N–H and O–H groups in total. The zero-order chi connectivity index (χ0) is 26.9. The number of halogens is 1. The molecule has 1 aliphatic heterocycles. The van der Waals surface area contributed by atoms with E-state index in [1.54, 1.807) is 23.1 Å². The molecule has 2 aromatic carbocycles. The molecule has 0 radical (unpaired) electrons. The molecule has 4 rings (SSSR count). The van der Waals surface area contributed by atoms with Gasteiger partial charge in [-0.1, -0.05) is 25.4 Å². The first-order valence-electron chi connectivity index (χ1n) is 11.6. The Bertz CT molecular complexity index is 1320. The first-order chi connectivity index (χ1) is 17.6. The smallest absolute Gasteiger partial charge is 0.291 e. The highest BCUT2D eigenvalue weighted by molar-refractivity contribution is 6.32. The number of furan rings is 1. The minimum Gasteiger partial charge on any atom is -0.496 e. The van der Waals surface area contributed by atoms with Crippen LogP contribution in [0.5, 0.6) is 28.9 Å². The Kier molecular flexibility index (Phi) is 7.27. The van der Waals surface area contributed by atoms with E-state index in [0.717, 1.165) is 17.7 Å². The van der Waals surface area contributed by atoms with E-state index in [2.05, 4.69) is 19.2 Å². The monoisotopic (exact) mass is 528 g/mol. The molecule has 2 heterocycles. The van der Waals surface area contributed by atoms with Crippen molar-refractivity contribution in [3.05, 3.63) is 52.7 Å². The van der Waals surface area contributed by atoms with Crippen molar-refractivity contribution in [3.8, 4) is 28.9 Å². The number of nitrogens with one attached hydrogen (secondary N) is 1. The third-order valence-electron chi connectivity index (χ3n) is 6.38. The summed E-state index contributed by atoms with van der Waals surface area (Å²) in [6.07, 6.45) is 0.796. The van der Waals surface area contributed by atoms with Crippen molar-refractivity contribution in [2.75, 3.05) is 38.1 Å². The number of fused-ring (bicyclic) bond motifs is 1. The summed E-state index contributed by atoms with van der Waals surface area (Å²) in [5.74, 6) is 1.09. The third-order valence-corrected chi connectivity index (χ3v) is 6.68. The van der Waals surface area contributed by atoms with Gasteiger partial charge in [-0.3, -0.25) is 9.59 Å². The van der Waals surface area contributed by atoms with E-state index in [1.165, 1.54) is 40.4 Å². The highest BCUT2D eigenvalue weighted by atomic mass is 35.5. The van der Waals surface area contributed by atoms with Crippen molar-refractivity contribution >= 4 is 34.8 Å². The van der Waals surface area contributed by atoms with E-state index in [9.17, 15) is 9.59 Å². The predicted molar refractivity (Wildman–Crippen MR) is 140 cm³/mol. The quantitative estimate of drug-likeness (QED) is 0.399. The summed E-state index contributed by atoms with van der Waals surface area (Å²) in [4.78, 5) is 26.8. The Morgan fingerprint density at radius 2 is 1.68 bits per heavy atom. The summed E-state index contributed by atoms with van der Waals surface area (Å²) in [5, 5.41) is 3.06. The normalized spacial score (nSPS) is 14.0. The number of hydrogen-bond donors (Lipinski definition) is 1. The maximum Gasteiger partial charge on any atom is 0.291 e. The molecule has 0 atom stereocenters. The summed E-state index contributed by atoms with van der Waals surface area (Å²) in [6, 6.07) is 9.82. The molecule has 0 bridgehead atoms. The number of ether oxygens (including phenoxy) is 4. The van der Waals surface area contributed by atoms with Crippen LogP contribution in [0.25, 0.3) is 0 Å². The number of carbonyl (C=O) groups is 2. The summed E-state index contributed by atoms with van der Waals surface area (Å²) in [7, 11) is 4.47. The topological polar surface area (TPSA) is 99.5 Å². The Morgan fingerprint density at radius 1 is 1.00 bits per heavy atom. The number of carbonyl (C=O) groups excluding carboxylic acids is 2. The Labute approximate surface area is 220 Å². The van der Waals surface area contributed by atoms with Crippen LogP contribution in [-0.4, -0.2) is 39.7 Å². The van der Waals surface area contributed by atoms with E-state index in [-0.39, 0.29) is 23.0 Å². The molecular formula is C27H29ClN2O7. The fraction of sp³-hybridized carbons (Fsp3) is 0.333. The zero-order valence-corrected chi connectivity index (χ0v) is 22.3. The zero-order valence-electron chi connectivity index (χ0n) is 21.6. The van der Waals surface area contributed by atoms with Crippen LogP contribution in [0.3, 0.4) is 0 Å². The number of hydrogen-bond acceptors (Lipinski definition) is 7. The maximum absolute atomic E-state index is 12.9. The van der Waals surface area contributed by atoms with Crippen LogP contribution in [0, 0.1) is 0 Å². The lowest BCUT2D eigenvalue weighted by molar-refractivity contribution is -0.116. The first kappa shape index (κ1) is 26.2. The van der Waals surface area contributed by atoms with Gasteiger partial charge in [0.2, 0.25) is 5.91 Å². The highest BCUT2D eigenvalue weighted by Gasteiger charge is 2.34. The van der Waals surface area contributed by atoms with Crippen LogP contribution < -0.4 is 29.2 Å². The van der Waals surface area contributed by atoms with Gasteiger partial charge in [-0.25, -0.2) is 0 Å². The lowest BCUT2D eigenvalue weighted by Crippen LogP contribution is -2.39. The second-order valence-corrected chi connectivity index (χ2v) is 9.59. The molecule has 3 aromatic rings. The van der Waals surface area contributed by atoms with Crippen LogP contribution in [-0.2, 0) is 10.2 Å². The van der Waals surface area contributed by atoms with Crippen LogP contribution >= 0.6 is 11.6 Å². The van der Waals surface area contributed by atoms with Crippen LogP contribution in [0.4, 0.5) is 11.4 Å². The summed E-state index contributed by atoms with van der Waals surface area (Å²) >= 11 is 6.52. The Morgan fingerprint density at radius 3 is 2.27 bits per heavy atom. The van der Waals surface area contributed by atoms with Crippen molar-refractivity contribution in [2.45, 2.75) is 32.6 Å². The number of benzene rings is 2. The number of methoxy groups -OCH3 is 3. The lowest BCUT2D eigenvalue weighted by Gasteiger charge is -2.39. The molecule has 0 aliphatic carbocycles. The van der Waals surface area contributed by atoms with Crippen LogP contribution in [0.15, 0.2) is 40.8 Å². The first-order valence-corrected chi connectivity index (χ1v) is 12.0. The van der Waals surface area contributed by atoms with E-state index in [1.807, 2.05) is 6.07 Å². The summed E-state index contributed by atoms with van der Waals surface area (Å²) < 4.78 is 27.6.